The number of carbonyl (C=O) groups is 2. The molecule has 132 valence electrons. The zero-order chi connectivity index (χ0) is 18.2. The van der Waals surface area contributed by atoms with E-state index in [0.717, 1.165) is 0 Å². The van der Waals surface area contributed by atoms with Gasteiger partial charge in [0, 0.05) is 18.8 Å². The number of rotatable bonds is 4. The third kappa shape index (κ3) is 3.37. The zero-order valence-corrected chi connectivity index (χ0v) is 14.7. The summed E-state index contributed by atoms with van der Waals surface area (Å²) in [6, 6.07) is 8.12. The molecule has 1 atom stereocenters. The number of nitrogens with zero attached hydrogens (tertiary/aromatic N) is 2. The summed E-state index contributed by atoms with van der Waals surface area (Å²) in [7, 11) is -1.53. The topological polar surface area (TPSA) is 107 Å². The monoisotopic (exact) mass is 361 g/mol. The molecule has 1 saturated carbocycles. The Kier molecular flexibility index (Phi) is 4.29. The van der Waals surface area contributed by atoms with Gasteiger partial charge < -0.3 is 10.2 Å². The van der Waals surface area contributed by atoms with E-state index < -0.39 is 21.2 Å². The maximum atomic E-state index is 12.8. The molecule has 25 heavy (non-hydrogen) atoms. The predicted molar refractivity (Wildman–Crippen MR) is 91.3 cm³/mol. The van der Waals surface area contributed by atoms with Crippen LogP contribution in [0.5, 0.6) is 0 Å². The van der Waals surface area contributed by atoms with E-state index in [1.807, 2.05) is 6.07 Å². The normalized spacial score (nSPS) is 22.6. The summed E-state index contributed by atoms with van der Waals surface area (Å²) in [5.41, 5.74) is -0.236. The van der Waals surface area contributed by atoms with Crippen molar-refractivity contribution in [3.8, 4) is 6.07 Å². The van der Waals surface area contributed by atoms with Gasteiger partial charge in [-0.25, -0.2) is 8.42 Å². The van der Waals surface area contributed by atoms with Crippen molar-refractivity contribution >= 4 is 27.3 Å². The molecule has 1 aliphatic heterocycles. The van der Waals surface area contributed by atoms with Crippen LogP contribution in [0.4, 0.5) is 5.69 Å². The van der Waals surface area contributed by atoms with Crippen molar-refractivity contribution in [3.63, 3.8) is 0 Å². The van der Waals surface area contributed by atoms with E-state index in [-0.39, 0.29) is 23.5 Å². The number of anilines is 1. The Morgan fingerprint density at radius 1 is 1.36 bits per heavy atom. The van der Waals surface area contributed by atoms with E-state index >= 15 is 0 Å². The van der Waals surface area contributed by atoms with Crippen molar-refractivity contribution < 1.29 is 18.0 Å². The number of nitriles is 1. The summed E-state index contributed by atoms with van der Waals surface area (Å²) in [6.45, 7) is 0. The van der Waals surface area contributed by atoms with Gasteiger partial charge in [-0.15, -0.1) is 0 Å². The van der Waals surface area contributed by atoms with Gasteiger partial charge in [0.1, 0.15) is 5.41 Å². The van der Waals surface area contributed by atoms with Gasteiger partial charge in [0.25, 0.3) is 0 Å². The summed E-state index contributed by atoms with van der Waals surface area (Å²) in [5, 5.41) is 11.6. The van der Waals surface area contributed by atoms with Gasteiger partial charge in [-0.05, 0) is 37.5 Å². The Labute approximate surface area is 146 Å². The molecule has 2 aliphatic rings. The minimum atomic E-state index is -3.10. The average molecular weight is 361 g/mol. The Bertz CT molecular complexity index is 868. The molecule has 1 N–H and O–H groups in total. The van der Waals surface area contributed by atoms with Gasteiger partial charge in [-0.1, -0.05) is 6.07 Å². The lowest BCUT2D eigenvalue weighted by Crippen LogP contribution is -2.46. The van der Waals surface area contributed by atoms with E-state index in [0.29, 0.717) is 30.5 Å². The lowest BCUT2D eigenvalue weighted by atomic mass is 10.0. The molecule has 1 aromatic rings. The van der Waals surface area contributed by atoms with Gasteiger partial charge in [-0.3, -0.25) is 9.59 Å². The molecule has 1 heterocycles. The summed E-state index contributed by atoms with van der Waals surface area (Å²) >= 11 is 0. The molecule has 1 aliphatic carbocycles. The first-order valence-electron chi connectivity index (χ1n) is 8.07. The zero-order valence-electron chi connectivity index (χ0n) is 13.9. The third-order valence-electron chi connectivity index (χ3n) is 4.92. The fourth-order valence-corrected chi connectivity index (χ4v) is 4.94. The second-order valence-corrected chi connectivity index (χ2v) is 8.93. The number of hydrogen-bond donors (Lipinski definition) is 1. The van der Waals surface area contributed by atoms with Gasteiger partial charge >= 0.3 is 0 Å². The van der Waals surface area contributed by atoms with Gasteiger partial charge in [0.05, 0.1) is 23.1 Å². The SMILES string of the molecule is CN(C(=O)C1(C(=O)Nc2cccc(C#N)c2)CC1)C1CCS(=O)(=O)C1. The van der Waals surface area contributed by atoms with Crippen LogP contribution in [0.3, 0.4) is 0 Å². The first-order chi connectivity index (χ1) is 11.8. The molecular weight excluding hydrogens is 342 g/mol. The Morgan fingerprint density at radius 2 is 2.08 bits per heavy atom. The summed E-state index contributed by atoms with van der Waals surface area (Å²) in [6.07, 6.45) is 1.30. The van der Waals surface area contributed by atoms with Crippen molar-refractivity contribution in [2.24, 2.45) is 5.41 Å². The number of sulfone groups is 1. The highest BCUT2D eigenvalue weighted by atomic mass is 32.2. The van der Waals surface area contributed by atoms with Crippen LogP contribution in [0.15, 0.2) is 24.3 Å². The minimum Gasteiger partial charge on any atom is -0.341 e. The van der Waals surface area contributed by atoms with Crippen molar-refractivity contribution in [1.29, 1.82) is 5.26 Å². The van der Waals surface area contributed by atoms with Crippen LogP contribution in [0.2, 0.25) is 0 Å². The molecule has 1 unspecified atom stereocenters. The highest BCUT2D eigenvalue weighted by Crippen LogP contribution is 2.48. The number of carbonyl (C=O) groups excluding carboxylic acids is 2. The van der Waals surface area contributed by atoms with Crippen LogP contribution < -0.4 is 5.32 Å². The van der Waals surface area contributed by atoms with Crippen LogP contribution in [0.25, 0.3) is 0 Å². The van der Waals surface area contributed by atoms with Gasteiger partial charge in [0.2, 0.25) is 11.8 Å². The molecule has 2 fully saturated rings. The quantitative estimate of drug-likeness (QED) is 0.803. The van der Waals surface area contributed by atoms with Crippen molar-refractivity contribution in [1.82, 2.24) is 4.90 Å². The summed E-state index contributed by atoms with van der Waals surface area (Å²) in [5.74, 6) is -0.698. The molecule has 0 aromatic heterocycles. The first kappa shape index (κ1) is 17.4. The highest BCUT2D eigenvalue weighted by molar-refractivity contribution is 7.91. The highest BCUT2D eigenvalue weighted by Gasteiger charge is 2.58. The van der Waals surface area contributed by atoms with Crippen LogP contribution in [0.1, 0.15) is 24.8 Å². The molecule has 0 radical (unpaired) electrons. The van der Waals surface area contributed by atoms with Gasteiger partial charge in [-0.2, -0.15) is 5.26 Å². The van der Waals surface area contributed by atoms with Crippen LogP contribution >= 0.6 is 0 Å². The van der Waals surface area contributed by atoms with E-state index in [9.17, 15) is 18.0 Å². The Morgan fingerprint density at radius 3 is 2.64 bits per heavy atom. The lowest BCUT2D eigenvalue weighted by molar-refractivity contribution is -0.142. The van der Waals surface area contributed by atoms with Crippen molar-refractivity contribution in [2.75, 3.05) is 23.9 Å². The number of nitrogens with one attached hydrogen (secondary N) is 1. The predicted octanol–water partition coefficient (Wildman–Crippen LogP) is 0.922. The van der Waals surface area contributed by atoms with E-state index in [1.165, 1.54) is 4.90 Å². The average Bonchev–Trinajstić information content (AvgIpc) is 3.32. The number of hydrogen-bond acceptors (Lipinski definition) is 5. The molecule has 0 spiro atoms. The fraction of sp³-hybridized carbons (Fsp3) is 0.471. The van der Waals surface area contributed by atoms with Crippen molar-refractivity contribution in [2.45, 2.75) is 25.3 Å². The largest absolute Gasteiger partial charge is 0.341 e. The van der Waals surface area contributed by atoms with Crippen LogP contribution in [-0.2, 0) is 19.4 Å². The second kappa shape index (κ2) is 6.15. The number of amides is 2. The van der Waals surface area contributed by atoms with Crippen LogP contribution in [0, 0.1) is 16.7 Å². The summed E-state index contributed by atoms with van der Waals surface area (Å²) < 4.78 is 23.3. The smallest absolute Gasteiger partial charge is 0.240 e. The molecule has 1 aromatic carbocycles. The fourth-order valence-electron chi connectivity index (χ4n) is 3.16. The van der Waals surface area contributed by atoms with E-state index in [1.54, 1.807) is 31.3 Å². The molecule has 7 nitrogen and oxygen atoms in total. The lowest BCUT2D eigenvalue weighted by Gasteiger charge is -2.27. The Balaban J connectivity index is 1.71. The maximum Gasteiger partial charge on any atom is 0.240 e. The summed E-state index contributed by atoms with van der Waals surface area (Å²) in [4.78, 5) is 26.8. The molecule has 2 amide bonds. The molecule has 8 heteroatoms. The van der Waals surface area contributed by atoms with E-state index in [4.69, 9.17) is 5.26 Å². The molecule has 0 bridgehead atoms. The maximum absolute atomic E-state index is 12.8. The minimum absolute atomic E-state index is 0.0445. The molecule has 3 rings (SSSR count). The second-order valence-electron chi connectivity index (χ2n) is 6.70. The first-order valence-corrected chi connectivity index (χ1v) is 9.89. The molecule has 1 saturated heterocycles. The van der Waals surface area contributed by atoms with Gasteiger partial charge in [0.15, 0.2) is 9.84 Å². The van der Waals surface area contributed by atoms with Crippen LogP contribution in [-0.4, -0.2) is 49.7 Å². The standard InChI is InChI=1S/C17H19N3O4S/c1-20(14-5-8-25(23,24)11-14)16(22)17(6-7-17)15(21)19-13-4-2-3-12(9-13)10-18/h2-4,9,14H,5-8,11H2,1H3,(H,19,21). The molecular formula is C17H19N3O4S. The van der Waals surface area contributed by atoms with Crippen molar-refractivity contribution in [3.05, 3.63) is 29.8 Å². The number of benzene rings is 1. The third-order valence-corrected chi connectivity index (χ3v) is 6.67. The Hall–Kier alpha value is -2.40. The van der Waals surface area contributed by atoms with E-state index in [2.05, 4.69) is 5.32 Å².